The lowest BCUT2D eigenvalue weighted by molar-refractivity contribution is 0.768. The van der Waals surface area contributed by atoms with Crippen LogP contribution in [-0.4, -0.2) is 0 Å². The fourth-order valence-electron chi connectivity index (χ4n) is 13.7. The van der Waals surface area contributed by atoms with Gasteiger partial charge in [0.05, 0.1) is 16.5 Å². The molecule has 13 aromatic rings. The van der Waals surface area contributed by atoms with Crippen molar-refractivity contribution in [1.82, 2.24) is 0 Å². The monoisotopic (exact) mass is 1040 g/mol. The fraction of sp³-hybridized carbons (Fsp3) is 0.0250. The van der Waals surface area contributed by atoms with E-state index < -0.39 is 10.8 Å². The molecular weight excluding hydrogens is 989 g/mol. The molecule has 386 valence electrons. The summed E-state index contributed by atoms with van der Waals surface area (Å²) in [5.41, 5.74) is 25.2. The minimum atomic E-state index is -0.539. The molecule has 0 spiro atoms. The van der Waals surface area contributed by atoms with Crippen molar-refractivity contribution < 1.29 is 0 Å². The molecule has 2 aliphatic rings. The molecule has 0 radical (unpaired) electrons. The Balaban J connectivity index is 0.863. The Labute approximate surface area is 480 Å². The van der Waals surface area contributed by atoms with Gasteiger partial charge in [-0.2, -0.15) is 0 Å². The molecule has 82 heavy (non-hydrogen) atoms. The van der Waals surface area contributed by atoms with Crippen LogP contribution in [0.5, 0.6) is 0 Å². The molecule has 0 atom stereocenters. The zero-order chi connectivity index (χ0) is 54.5. The van der Waals surface area contributed by atoms with Gasteiger partial charge in [0.25, 0.3) is 0 Å². The van der Waals surface area contributed by atoms with Crippen molar-refractivity contribution in [3.05, 3.63) is 384 Å². The van der Waals surface area contributed by atoms with Crippen LogP contribution in [0.2, 0.25) is 0 Å². The molecule has 0 fully saturated rings. The maximum Gasteiger partial charge on any atom is 0.0714 e. The van der Waals surface area contributed by atoms with Crippen molar-refractivity contribution in [3.8, 4) is 44.5 Å². The number of hydrogen-bond acceptors (Lipinski definition) is 2. The molecule has 0 amide bonds. The Bertz CT molecular complexity index is 4330. The van der Waals surface area contributed by atoms with Crippen LogP contribution in [0.3, 0.4) is 0 Å². The van der Waals surface area contributed by atoms with Crippen LogP contribution in [-0.2, 0) is 10.8 Å². The van der Waals surface area contributed by atoms with E-state index in [2.05, 4.69) is 350 Å². The molecule has 13 aromatic carbocycles. The lowest BCUT2D eigenvalue weighted by Crippen LogP contribution is -2.28. The molecule has 2 nitrogen and oxygen atoms in total. The Hall–Kier alpha value is -10.5. The summed E-state index contributed by atoms with van der Waals surface area (Å²) in [5, 5.41) is 0. The third kappa shape index (κ3) is 7.79. The minimum Gasteiger partial charge on any atom is -0.310 e. The van der Waals surface area contributed by atoms with E-state index >= 15 is 0 Å². The molecule has 0 heterocycles. The van der Waals surface area contributed by atoms with E-state index in [4.69, 9.17) is 0 Å². The summed E-state index contributed by atoms with van der Waals surface area (Å²) in [7, 11) is 0. The quantitative estimate of drug-likeness (QED) is 0.120. The lowest BCUT2D eigenvalue weighted by Gasteiger charge is -2.35. The lowest BCUT2D eigenvalue weighted by atomic mass is 9.67. The van der Waals surface area contributed by atoms with Crippen molar-refractivity contribution in [1.29, 1.82) is 0 Å². The van der Waals surface area contributed by atoms with Gasteiger partial charge in [0.2, 0.25) is 0 Å². The second-order valence-electron chi connectivity index (χ2n) is 21.5. The summed E-state index contributed by atoms with van der Waals surface area (Å²) >= 11 is 0. The van der Waals surface area contributed by atoms with E-state index in [-0.39, 0.29) is 0 Å². The molecule has 2 aliphatic carbocycles. The second kappa shape index (κ2) is 20.3. The summed E-state index contributed by atoms with van der Waals surface area (Å²) in [6.07, 6.45) is 0. The standard InChI is InChI=1S/C80H56N2/c1-8-26-58(27-9-1)73-54-59(46-53-78(73)82(65-38-20-7-21-39-65)68-50-52-72-70-41-23-25-43-75(70)80(77(72)56-68,62-32-14-4-15-33-62)63-34-16-5-17-35-63)57-44-47-66(48-45-57)81(64-36-18-6-19-37-64)67-49-51-71-69-40-22-24-42-74(69)79(76(71)55-67,60-28-10-2-11-29-60)61-30-12-3-13-31-61/h1-56H. The van der Waals surface area contributed by atoms with Gasteiger partial charge in [0.15, 0.2) is 0 Å². The highest BCUT2D eigenvalue weighted by Gasteiger charge is 2.48. The summed E-state index contributed by atoms with van der Waals surface area (Å²) in [5.74, 6) is 0. The van der Waals surface area contributed by atoms with Crippen LogP contribution >= 0.6 is 0 Å². The predicted octanol–water partition coefficient (Wildman–Crippen LogP) is 20.7. The van der Waals surface area contributed by atoms with Crippen LogP contribution in [0.1, 0.15) is 44.5 Å². The van der Waals surface area contributed by atoms with Gasteiger partial charge in [0, 0.05) is 34.0 Å². The van der Waals surface area contributed by atoms with Gasteiger partial charge < -0.3 is 9.80 Å². The van der Waals surface area contributed by atoms with Crippen LogP contribution in [0.15, 0.2) is 340 Å². The smallest absolute Gasteiger partial charge is 0.0714 e. The second-order valence-corrected chi connectivity index (χ2v) is 21.5. The zero-order valence-corrected chi connectivity index (χ0v) is 45.2. The Kier molecular flexibility index (Phi) is 12.0. The normalized spacial score (nSPS) is 13.1. The number of hydrogen-bond donors (Lipinski definition) is 0. The maximum absolute atomic E-state index is 2.46. The first kappa shape index (κ1) is 48.6. The summed E-state index contributed by atoms with van der Waals surface area (Å²) < 4.78 is 0. The number of fused-ring (bicyclic) bond motifs is 6. The van der Waals surface area contributed by atoms with Gasteiger partial charge in [0.1, 0.15) is 0 Å². The number of rotatable bonds is 12. The number of nitrogens with zero attached hydrogens (tertiary/aromatic N) is 2. The Morgan fingerprint density at radius 1 is 0.183 bits per heavy atom. The molecule has 0 saturated heterocycles. The van der Waals surface area contributed by atoms with Gasteiger partial charge in [-0.15, -0.1) is 0 Å². The molecule has 0 aliphatic heterocycles. The molecule has 15 rings (SSSR count). The van der Waals surface area contributed by atoms with Crippen molar-refractivity contribution in [3.63, 3.8) is 0 Å². The molecule has 0 N–H and O–H groups in total. The first-order chi connectivity index (χ1) is 40.7. The largest absolute Gasteiger partial charge is 0.310 e. The summed E-state index contributed by atoms with van der Waals surface area (Å²) in [4.78, 5) is 4.86. The average Bonchev–Trinajstić information content (AvgIpc) is 4.12. The van der Waals surface area contributed by atoms with E-state index in [1.54, 1.807) is 0 Å². The van der Waals surface area contributed by atoms with Gasteiger partial charge in [-0.3, -0.25) is 0 Å². The highest BCUT2D eigenvalue weighted by molar-refractivity contribution is 5.95. The summed E-state index contributed by atoms with van der Waals surface area (Å²) in [6.45, 7) is 0. The Morgan fingerprint density at radius 3 is 0.963 bits per heavy atom. The van der Waals surface area contributed by atoms with Gasteiger partial charge in [-0.1, -0.05) is 267 Å². The highest BCUT2D eigenvalue weighted by Crippen LogP contribution is 2.59. The first-order valence-electron chi connectivity index (χ1n) is 28.4. The van der Waals surface area contributed by atoms with Crippen LogP contribution in [0.25, 0.3) is 44.5 Å². The average molecular weight is 1050 g/mol. The molecular formula is C80H56N2. The van der Waals surface area contributed by atoms with E-state index in [0.717, 1.165) is 56.4 Å². The molecule has 0 saturated carbocycles. The van der Waals surface area contributed by atoms with Crippen molar-refractivity contribution in [2.45, 2.75) is 10.8 Å². The van der Waals surface area contributed by atoms with Gasteiger partial charge in [-0.05, 0) is 156 Å². The van der Waals surface area contributed by atoms with E-state index in [0.29, 0.717) is 0 Å². The van der Waals surface area contributed by atoms with Gasteiger partial charge in [-0.25, -0.2) is 0 Å². The molecule has 0 bridgehead atoms. The van der Waals surface area contributed by atoms with Crippen LogP contribution in [0.4, 0.5) is 34.1 Å². The molecule has 0 aromatic heterocycles. The number of para-hydroxylation sites is 2. The van der Waals surface area contributed by atoms with Crippen molar-refractivity contribution in [2.24, 2.45) is 0 Å². The zero-order valence-electron chi connectivity index (χ0n) is 45.2. The van der Waals surface area contributed by atoms with E-state index in [9.17, 15) is 0 Å². The minimum absolute atomic E-state index is 0.517. The summed E-state index contributed by atoms with van der Waals surface area (Å²) in [6, 6.07) is 125. The fourth-order valence-corrected chi connectivity index (χ4v) is 13.7. The molecule has 2 heteroatoms. The van der Waals surface area contributed by atoms with Crippen LogP contribution < -0.4 is 9.80 Å². The topological polar surface area (TPSA) is 6.48 Å². The predicted molar refractivity (Wildman–Crippen MR) is 341 cm³/mol. The van der Waals surface area contributed by atoms with Crippen LogP contribution in [0, 0.1) is 0 Å². The molecule has 0 unspecified atom stereocenters. The van der Waals surface area contributed by atoms with E-state index in [1.807, 2.05) is 0 Å². The SMILES string of the molecule is c1ccc(-c2cc(-c3ccc(N(c4ccccc4)c4ccc5c(c4)C(c4ccccc4)(c4ccccc4)c4ccccc4-5)cc3)ccc2N(c2ccccc2)c2ccc3c(c2)C(c2ccccc2)(c2ccccc2)c2ccccc2-3)cc1. The van der Waals surface area contributed by atoms with Crippen molar-refractivity contribution in [2.75, 3.05) is 9.80 Å². The third-order valence-corrected chi connectivity index (χ3v) is 17.2. The first-order valence-corrected chi connectivity index (χ1v) is 28.4. The number of benzene rings is 13. The van der Waals surface area contributed by atoms with Crippen molar-refractivity contribution >= 4 is 34.1 Å². The maximum atomic E-state index is 2.46. The number of anilines is 6. The third-order valence-electron chi connectivity index (χ3n) is 17.2. The highest BCUT2D eigenvalue weighted by atomic mass is 15.1. The Morgan fingerprint density at radius 2 is 0.512 bits per heavy atom. The van der Waals surface area contributed by atoms with E-state index in [1.165, 1.54) is 66.8 Å². The van der Waals surface area contributed by atoms with Gasteiger partial charge >= 0.3 is 0 Å².